The second-order valence-electron chi connectivity index (χ2n) is 2.05. The van der Waals surface area contributed by atoms with E-state index in [1.54, 1.807) is 6.92 Å². The molecule has 0 N–H and O–H groups in total. The van der Waals surface area contributed by atoms with Gasteiger partial charge in [-0.25, -0.2) is 0 Å². The van der Waals surface area contributed by atoms with E-state index in [1.807, 2.05) is 6.92 Å². The Bertz CT molecular complexity index is 277. The van der Waals surface area contributed by atoms with Gasteiger partial charge in [-0.1, -0.05) is 6.92 Å². The molecule has 1 aromatic rings. The number of rotatable bonds is 1. The summed E-state index contributed by atoms with van der Waals surface area (Å²) < 4.78 is 5.10. The fourth-order valence-electron chi connectivity index (χ4n) is 0.718. The van der Waals surface area contributed by atoms with Gasteiger partial charge in [-0.2, -0.15) is 4.98 Å². The zero-order chi connectivity index (χ0) is 7.56. The normalized spacial score (nSPS) is 9.80. The van der Waals surface area contributed by atoms with Gasteiger partial charge < -0.3 is 4.42 Å². The summed E-state index contributed by atoms with van der Waals surface area (Å²) in [6.07, 6.45) is 0.664. The van der Waals surface area contributed by atoms with Crippen LogP contribution in [0.25, 0.3) is 0 Å². The summed E-state index contributed by atoms with van der Waals surface area (Å²) in [6.45, 7) is 3.63. The molecule has 0 atom stereocenters. The average Bonchev–Trinajstić information content (AvgIpc) is 1.85. The molecule has 0 saturated heterocycles. The van der Waals surface area contributed by atoms with Crippen LogP contribution in [0.1, 0.15) is 18.6 Å². The Labute approximate surface area is 58.7 Å². The first kappa shape index (κ1) is 6.99. The highest BCUT2D eigenvalue weighted by Gasteiger charge is 1.95. The van der Waals surface area contributed by atoms with E-state index in [-0.39, 0.29) is 5.56 Å². The summed E-state index contributed by atoms with van der Waals surface area (Å²) in [7, 11) is 0. The van der Waals surface area contributed by atoms with Crippen LogP contribution < -0.4 is 5.56 Å². The topological polar surface area (TPSA) is 43.1 Å². The third kappa shape index (κ3) is 1.43. The fraction of sp³-hybridized carbons (Fsp3) is 0.429. The maximum atomic E-state index is 10.7. The Balaban J connectivity index is 3.19. The van der Waals surface area contributed by atoms with Crippen LogP contribution in [0, 0.1) is 6.92 Å². The Morgan fingerprint density at radius 2 is 2.40 bits per heavy atom. The Kier molecular flexibility index (Phi) is 1.85. The van der Waals surface area contributed by atoms with Crippen LogP contribution in [0.3, 0.4) is 0 Å². The zero-order valence-corrected chi connectivity index (χ0v) is 6.05. The number of nitrogens with zero attached hydrogens (tertiary/aromatic N) is 1. The number of aryl methyl sites for hydroxylation is 2. The second kappa shape index (κ2) is 2.64. The summed E-state index contributed by atoms with van der Waals surface area (Å²) in [5.41, 5.74) is -0.222. The molecule has 1 rings (SSSR count). The number of hydrogen-bond donors (Lipinski definition) is 0. The molecule has 54 valence electrons. The van der Waals surface area contributed by atoms with Gasteiger partial charge in [-0.05, 0) is 6.92 Å². The van der Waals surface area contributed by atoms with Crippen molar-refractivity contribution in [2.24, 2.45) is 0 Å². The van der Waals surface area contributed by atoms with Gasteiger partial charge in [0.1, 0.15) is 5.76 Å². The van der Waals surface area contributed by atoms with Crippen molar-refractivity contribution in [2.45, 2.75) is 20.3 Å². The lowest BCUT2D eigenvalue weighted by molar-refractivity contribution is 0.442. The van der Waals surface area contributed by atoms with Crippen LogP contribution in [0.15, 0.2) is 15.3 Å². The molecular formula is C7H9NO2. The van der Waals surface area contributed by atoms with Crippen molar-refractivity contribution >= 4 is 0 Å². The smallest absolute Gasteiger partial charge is 0.276 e. The Morgan fingerprint density at radius 1 is 1.70 bits per heavy atom. The third-order valence-electron chi connectivity index (χ3n) is 1.14. The zero-order valence-electron chi connectivity index (χ0n) is 6.05. The minimum Gasteiger partial charge on any atom is -0.447 e. The monoisotopic (exact) mass is 139 g/mol. The molecule has 1 aromatic heterocycles. The van der Waals surface area contributed by atoms with E-state index >= 15 is 0 Å². The quantitative estimate of drug-likeness (QED) is 0.580. The van der Waals surface area contributed by atoms with E-state index in [4.69, 9.17) is 4.42 Å². The lowest BCUT2D eigenvalue weighted by Gasteiger charge is -1.93. The molecular weight excluding hydrogens is 130 g/mol. The Morgan fingerprint density at radius 3 is 2.90 bits per heavy atom. The fourth-order valence-corrected chi connectivity index (χ4v) is 0.718. The maximum Gasteiger partial charge on any atom is 0.276 e. The van der Waals surface area contributed by atoms with Crippen LogP contribution in [0.4, 0.5) is 0 Å². The van der Waals surface area contributed by atoms with Crippen molar-refractivity contribution in [3.63, 3.8) is 0 Å². The van der Waals surface area contributed by atoms with Gasteiger partial charge in [0.15, 0.2) is 5.89 Å². The van der Waals surface area contributed by atoms with Gasteiger partial charge in [0.25, 0.3) is 5.56 Å². The van der Waals surface area contributed by atoms with Crippen LogP contribution in [0.2, 0.25) is 0 Å². The van der Waals surface area contributed by atoms with E-state index in [9.17, 15) is 4.79 Å². The van der Waals surface area contributed by atoms with Crippen molar-refractivity contribution in [1.82, 2.24) is 4.98 Å². The maximum absolute atomic E-state index is 10.7. The predicted octanol–water partition coefficient (Wildman–Crippen LogP) is 0.906. The van der Waals surface area contributed by atoms with Gasteiger partial charge in [-0.15, -0.1) is 0 Å². The molecule has 0 amide bonds. The molecule has 0 aromatic carbocycles. The molecule has 0 spiro atoms. The predicted molar refractivity (Wildman–Crippen MR) is 36.9 cm³/mol. The molecule has 0 bridgehead atoms. The second-order valence-corrected chi connectivity index (χ2v) is 2.05. The highest BCUT2D eigenvalue weighted by atomic mass is 16.3. The first-order valence-corrected chi connectivity index (χ1v) is 3.20. The average molecular weight is 139 g/mol. The standard InChI is InChI=1S/C7H9NO2/c1-3-7-8-6(9)4-5(2)10-7/h4H,3H2,1-2H3. The van der Waals surface area contributed by atoms with Crippen molar-refractivity contribution < 1.29 is 4.42 Å². The first-order valence-electron chi connectivity index (χ1n) is 3.20. The molecule has 0 aliphatic rings. The van der Waals surface area contributed by atoms with Gasteiger partial charge in [0, 0.05) is 12.5 Å². The van der Waals surface area contributed by atoms with Crippen molar-refractivity contribution in [3.05, 3.63) is 28.1 Å². The highest BCUT2D eigenvalue weighted by Crippen LogP contribution is 1.95. The first-order chi connectivity index (χ1) is 4.72. The lowest BCUT2D eigenvalue weighted by atomic mass is 10.4. The SMILES string of the molecule is CCc1nc(=O)cc(C)o1. The summed E-state index contributed by atoms with van der Waals surface area (Å²) in [5.74, 6) is 1.13. The van der Waals surface area contributed by atoms with Gasteiger partial charge in [0.05, 0.1) is 0 Å². The Hall–Kier alpha value is -1.12. The van der Waals surface area contributed by atoms with Gasteiger partial charge in [-0.3, -0.25) is 4.79 Å². The molecule has 0 aliphatic heterocycles. The van der Waals surface area contributed by atoms with E-state index < -0.39 is 0 Å². The lowest BCUT2D eigenvalue weighted by Crippen LogP contribution is -2.07. The largest absolute Gasteiger partial charge is 0.447 e. The van der Waals surface area contributed by atoms with Crippen LogP contribution in [-0.4, -0.2) is 4.98 Å². The van der Waals surface area contributed by atoms with Crippen LogP contribution >= 0.6 is 0 Å². The molecule has 0 unspecified atom stereocenters. The minimum atomic E-state index is -0.222. The van der Waals surface area contributed by atoms with E-state index in [0.29, 0.717) is 18.1 Å². The summed E-state index contributed by atoms with van der Waals surface area (Å²) in [5, 5.41) is 0. The molecule has 3 nitrogen and oxygen atoms in total. The molecule has 0 saturated carbocycles. The van der Waals surface area contributed by atoms with Crippen molar-refractivity contribution in [2.75, 3.05) is 0 Å². The van der Waals surface area contributed by atoms with Crippen LogP contribution in [0.5, 0.6) is 0 Å². The molecule has 0 radical (unpaired) electrons. The molecule has 0 fully saturated rings. The summed E-state index contributed by atoms with van der Waals surface area (Å²) in [4.78, 5) is 14.3. The number of aromatic nitrogens is 1. The van der Waals surface area contributed by atoms with Crippen LogP contribution in [-0.2, 0) is 6.42 Å². The van der Waals surface area contributed by atoms with E-state index in [1.165, 1.54) is 6.07 Å². The number of hydrogen-bond acceptors (Lipinski definition) is 3. The molecule has 10 heavy (non-hydrogen) atoms. The molecule has 3 heteroatoms. The van der Waals surface area contributed by atoms with Crippen molar-refractivity contribution in [3.8, 4) is 0 Å². The molecule has 0 aliphatic carbocycles. The summed E-state index contributed by atoms with van der Waals surface area (Å²) in [6, 6.07) is 1.37. The minimum absolute atomic E-state index is 0.222. The van der Waals surface area contributed by atoms with Gasteiger partial charge >= 0.3 is 0 Å². The van der Waals surface area contributed by atoms with Gasteiger partial charge in [0.2, 0.25) is 0 Å². The van der Waals surface area contributed by atoms with E-state index in [0.717, 1.165) is 0 Å². The highest BCUT2D eigenvalue weighted by molar-refractivity contribution is 4.93. The molecule has 1 heterocycles. The van der Waals surface area contributed by atoms with Crippen molar-refractivity contribution in [1.29, 1.82) is 0 Å². The third-order valence-corrected chi connectivity index (χ3v) is 1.14. The van der Waals surface area contributed by atoms with E-state index in [2.05, 4.69) is 4.98 Å². The summed E-state index contributed by atoms with van der Waals surface area (Å²) >= 11 is 0.